The summed E-state index contributed by atoms with van der Waals surface area (Å²) in [5.41, 5.74) is 7.32. The summed E-state index contributed by atoms with van der Waals surface area (Å²) in [6.07, 6.45) is 6.29. The van der Waals surface area contributed by atoms with Crippen molar-refractivity contribution in [3.05, 3.63) is 29.3 Å². The van der Waals surface area contributed by atoms with Gasteiger partial charge in [-0.1, -0.05) is 25.8 Å². The molecular weight excluding hydrogens is 310 g/mol. The Morgan fingerprint density at radius 1 is 1.26 bits per heavy atom. The first-order valence-corrected chi connectivity index (χ1v) is 10.2. The first kappa shape index (κ1) is 21.3. The van der Waals surface area contributed by atoms with Gasteiger partial charge in [0.05, 0.1) is 18.4 Å². The summed E-state index contributed by atoms with van der Waals surface area (Å²) in [5.74, 6) is 7.90. The molecule has 6 heteroatoms. The average molecular weight is 340 g/mol. The Labute approximate surface area is 141 Å². The van der Waals surface area contributed by atoms with Gasteiger partial charge < -0.3 is 10.5 Å². The van der Waals surface area contributed by atoms with Crippen molar-refractivity contribution in [2.24, 2.45) is 5.84 Å². The Balaban J connectivity index is 0.000000688. The van der Waals surface area contributed by atoms with Gasteiger partial charge in [-0.05, 0) is 36.2 Å². The van der Waals surface area contributed by atoms with Crippen molar-refractivity contribution in [1.82, 2.24) is 5.01 Å². The number of ether oxygens (including phenoxy) is 1. The Morgan fingerprint density at radius 2 is 1.83 bits per heavy atom. The summed E-state index contributed by atoms with van der Waals surface area (Å²) >= 11 is 0. The van der Waals surface area contributed by atoms with E-state index in [2.05, 4.69) is 34.7 Å². The molecule has 0 aliphatic rings. The molecule has 1 rings (SSSR count). The number of nitrogens with zero attached hydrogens (tertiary/aromatic N) is 1. The van der Waals surface area contributed by atoms with Crippen LogP contribution in [0.2, 0.25) is 0 Å². The summed E-state index contributed by atoms with van der Waals surface area (Å²) in [4.78, 5) is 11.4. The van der Waals surface area contributed by atoms with Gasteiger partial charge in [0, 0.05) is 18.7 Å². The highest BCUT2D eigenvalue weighted by Gasteiger charge is 2.11. The lowest BCUT2D eigenvalue weighted by molar-refractivity contribution is 0.0602. The predicted molar refractivity (Wildman–Crippen MR) is 102 cm³/mol. The van der Waals surface area contributed by atoms with E-state index >= 15 is 0 Å². The number of rotatable bonds is 3. The molecule has 0 spiro atoms. The Bertz CT molecular complexity index is 567. The molecule has 4 N–H and O–H groups in total. The lowest BCUT2D eigenvalue weighted by atomic mass is 10.1. The van der Waals surface area contributed by atoms with Gasteiger partial charge in [0.25, 0.3) is 0 Å². The van der Waals surface area contributed by atoms with Crippen LogP contribution in [0.25, 0.3) is 0 Å². The van der Waals surface area contributed by atoms with Crippen LogP contribution in [0.1, 0.15) is 29.8 Å². The standard InChI is InChI=1S/C13H17NO2S.C4H12N2/c1-16-13(15)11-7-5-6-10(12(11)14)8-9-17(2,3)4;1-3-6(5)4-2/h5-7H,14H2,1-4H3;3-5H2,1-2H3. The zero-order valence-electron chi connectivity index (χ0n) is 15.0. The highest BCUT2D eigenvalue weighted by molar-refractivity contribution is 8.35. The summed E-state index contributed by atoms with van der Waals surface area (Å²) in [6.45, 7) is 5.94. The number of nitrogen functional groups attached to an aromatic ring is 1. The minimum atomic E-state index is -0.911. The Morgan fingerprint density at radius 3 is 2.22 bits per heavy atom. The maximum absolute atomic E-state index is 11.4. The molecule has 23 heavy (non-hydrogen) atoms. The zero-order valence-corrected chi connectivity index (χ0v) is 15.8. The van der Waals surface area contributed by atoms with Crippen molar-refractivity contribution in [3.8, 4) is 11.2 Å². The summed E-state index contributed by atoms with van der Waals surface area (Å²) in [5, 5.41) is 4.91. The quantitative estimate of drug-likeness (QED) is 0.290. The van der Waals surface area contributed by atoms with Gasteiger partial charge in [-0.15, -0.1) is 0 Å². The van der Waals surface area contributed by atoms with E-state index in [1.165, 1.54) is 7.11 Å². The molecule has 0 radical (unpaired) electrons. The lowest BCUT2D eigenvalue weighted by Crippen LogP contribution is -2.29. The van der Waals surface area contributed by atoms with Crippen molar-refractivity contribution in [2.45, 2.75) is 13.8 Å². The molecule has 130 valence electrons. The molecule has 0 aromatic heterocycles. The third-order valence-electron chi connectivity index (χ3n) is 2.82. The van der Waals surface area contributed by atoms with Crippen LogP contribution < -0.4 is 11.6 Å². The maximum Gasteiger partial charge on any atom is 0.339 e. The lowest BCUT2D eigenvalue weighted by Gasteiger charge is -2.15. The van der Waals surface area contributed by atoms with Gasteiger partial charge in [-0.2, -0.15) is 10.0 Å². The number of methoxy groups -OCH3 is 1. The Hall–Kier alpha value is -1.68. The molecular formula is C17H29N3O2S. The fraction of sp³-hybridized carbons (Fsp3) is 0.471. The van der Waals surface area contributed by atoms with Crippen molar-refractivity contribution in [3.63, 3.8) is 0 Å². The van der Waals surface area contributed by atoms with E-state index in [9.17, 15) is 4.79 Å². The largest absolute Gasteiger partial charge is 0.465 e. The second-order valence-corrected chi connectivity index (χ2v) is 9.42. The van der Waals surface area contributed by atoms with Crippen LogP contribution in [0.15, 0.2) is 18.2 Å². The molecule has 0 unspecified atom stereocenters. The van der Waals surface area contributed by atoms with Gasteiger partial charge >= 0.3 is 5.97 Å². The molecule has 0 aliphatic carbocycles. The molecule has 0 saturated heterocycles. The van der Waals surface area contributed by atoms with Gasteiger partial charge in [0.2, 0.25) is 0 Å². The number of hydrogen-bond donors (Lipinski definition) is 2. The van der Waals surface area contributed by atoms with Crippen molar-refractivity contribution < 1.29 is 9.53 Å². The summed E-state index contributed by atoms with van der Waals surface area (Å²) in [7, 11) is 0.422. The molecule has 0 saturated carbocycles. The third kappa shape index (κ3) is 8.50. The first-order chi connectivity index (χ1) is 10.7. The van der Waals surface area contributed by atoms with Crippen LogP contribution in [0.3, 0.4) is 0 Å². The molecule has 0 amide bonds. The third-order valence-corrected chi connectivity index (χ3v) is 3.53. The highest BCUT2D eigenvalue weighted by Crippen LogP contribution is 2.32. The van der Waals surface area contributed by atoms with Gasteiger partial charge in [-0.25, -0.2) is 9.80 Å². The summed E-state index contributed by atoms with van der Waals surface area (Å²) in [6, 6.07) is 5.20. The topological polar surface area (TPSA) is 81.6 Å². The van der Waals surface area contributed by atoms with E-state index in [1.807, 2.05) is 13.8 Å². The number of para-hydroxylation sites is 1. The molecule has 0 fully saturated rings. The predicted octanol–water partition coefficient (Wildman–Crippen LogP) is 2.26. The smallest absolute Gasteiger partial charge is 0.339 e. The van der Waals surface area contributed by atoms with Crippen molar-refractivity contribution in [2.75, 3.05) is 44.7 Å². The molecule has 1 aromatic rings. The van der Waals surface area contributed by atoms with Gasteiger partial charge in [0.15, 0.2) is 0 Å². The molecule has 5 nitrogen and oxygen atoms in total. The van der Waals surface area contributed by atoms with E-state index in [0.717, 1.165) is 13.1 Å². The monoisotopic (exact) mass is 339 g/mol. The highest BCUT2D eigenvalue weighted by atomic mass is 32.3. The SMILES string of the molecule is CCN(N)CC.COC(=O)c1cccc(C#CS(C)(C)C)c1N. The molecule has 1 aromatic carbocycles. The second kappa shape index (κ2) is 10.2. The number of carbonyl (C=O) groups excluding carboxylic acids is 1. The van der Waals surface area contributed by atoms with E-state index in [4.69, 9.17) is 11.6 Å². The van der Waals surface area contributed by atoms with Gasteiger partial charge in [-0.3, -0.25) is 5.84 Å². The van der Waals surface area contributed by atoms with Crippen LogP contribution in [0.4, 0.5) is 5.69 Å². The second-order valence-electron chi connectivity index (χ2n) is 5.54. The minimum absolute atomic E-state index is 0.364. The molecule has 0 heterocycles. The van der Waals surface area contributed by atoms with E-state index in [1.54, 1.807) is 23.2 Å². The maximum atomic E-state index is 11.4. The van der Waals surface area contributed by atoms with Crippen molar-refractivity contribution in [1.29, 1.82) is 0 Å². The van der Waals surface area contributed by atoms with Gasteiger partial charge in [0.1, 0.15) is 0 Å². The van der Waals surface area contributed by atoms with Crippen LogP contribution in [0.5, 0.6) is 0 Å². The number of hydrazine groups is 1. The van der Waals surface area contributed by atoms with Crippen LogP contribution in [-0.4, -0.2) is 49.9 Å². The average Bonchev–Trinajstić information content (AvgIpc) is 2.52. The first-order valence-electron chi connectivity index (χ1n) is 7.33. The van der Waals surface area contributed by atoms with E-state index in [0.29, 0.717) is 16.8 Å². The zero-order chi connectivity index (χ0) is 18.0. The van der Waals surface area contributed by atoms with E-state index in [-0.39, 0.29) is 0 Å². The van der Waals surface area contributed by atoms with Crippen molar-refractivity contribution >= 4 is 21.7 Å². The molecule has 0 aliphatic heterocycles. The number of carbonyl (C=O) groups is 1. The fourth-order valence-electron chi connectivity index (χ4n) is 1.39. The van der Waals surface area contributed by atoms with Crippen LogP contribution in [0, 0.1) is 11.2 Å². The van der Waals surface area contributed by atoms with Crippen LogP contribution in [-0.2, 0) is 4.74 Å². The Kier molecular flexibility index (Phi) is 9.42. The number of benzene rings is 1. The van der Waals surface area contributed by atoms with E-state index < -0.39 is 16.0 Å². The number of nitrogens with two attached hydrogens (primary N) is 2. The number of anilines is 1. The number of esters is 1. The summed E-state index contributed by atoms with van der Waals surface area (Å²) < 4.78 is 4.66. The normalized spacial score (nSPS) is 11.0. The van der Waals surface area contributed by atoms with Crippen LogP contribution >= 0.6 is 10.0 Å². The molecule has 0 bridgehead atoms. The minimum Gasteiger partial charge on any atom is -0.465 e. The number of hydrogen-bond acceptors (Lipinski definition) is 5. The fourth-order valence-corrected chi connectivity index (χ4v) is 1.81. The molecule has 0 atom stereocenters.